The predicted molar refractivity (Wildman–Crippen MR) is 117 cm³/mol. The van der Waals surface area contributed by atoms with Gasteiger partial charge >= 0.3 is 6.09 Å². The van der Waals surface area contributed by atoms with Gasteiger partial charge in [-0.25, -0.2) is 4.79 Å². The van der Waals surface area contributed by atoms with E-state index < -0.39 is 5.60 Å². The van der Waals surface area contributed by atoms with Crippen molar-refractivity contribution < 1.29 is 18.7 Å². The molecule has 1 aromatic heterocycles. The number of guanidine groups is 1. The minimum Gasteiger partial charge on any atom is -0.459 e. The third kappa shape index (κ3) is 7.95. The fraction of sp³-hybridized carbons (Fsp3) is 0.611. The highest BCUT2D eigenvalue weighted by Crippen LogP contribution is 2.15. The number of ether oxygens (including phenoxy) is 1. The summed E-state index contributed by atoms with van der Waals surface area (Å²) in [5.41, 5.74) is -0.494. The van der Waals surface area contributed by atoms with Crippen molar-refractivity contribution in [3.05, 3.63) is 24.2 Å². The topological polar surface area (TPSA) is 108 Å². The predicted octanol–water partition coefficient (Wildman–Crippen LogP) is 1.80. The average Bonchev–Trinajstić information content (AvgIpc) is 3.06. The molecule has 0 aromatic carbocycles. The van der Waals surface area contributed by atoms with Crippen molar-refractivity contribution in [2.24, 2.45) is 4.99 Å². The Balaban J connectivity index is 0.00000392. The second-order valence-corrected chi connectivity index (χ2v) is 7.22. The number of aliphatic imine (C=N–C) groups is 1. The van der Waals surface area contributed by atoms with E-state index in [-0.39, 0.29) is 47.8 Å². The van der Waals surface area contributed by atoms with Gasteiger partial charge in [-0.15, -0.1) is 24.0 Å². The third-order valence-corrected chi connectivity index (χ3v) is 3.63. The van der Waals surface area contributed by atoms with Crippen LogP contribution in [0.4, 0.5) is 4.79 Å². The number of furan rings is 1. The third-order valence-electron chi connectivity index (χ3n) is 3.63. The van der Waals surface area contributed by atoms with Crippen molar-refractivity contribution in [2.75, 3.05) is 32.7 Å². The lowest BCUT2D eigenvalue weighted by Gasteiger charge is -2.40. The van der Waals surface area contributed by atoms with Crippen molar-refractivity contribution in [3.63, 3.8) is 0 Å². The van der Waals surface area contributed by atoms with E-state index in [1.165, 1.54) is 6.26 Å². The van der Waals surface area contributed by atoms with E-state index >= 15 is 0 Å². The van der Waals surface area contributed by atoms with Crippen LogP contribution >= 0.6 is 24.0 Å². The summed E-state index contributed by atoms with van der Waals surface area (Å²) in [4.78, 5) is 29.8. The van der Waals surface area contributed by atoms with Crippen LogP contribution < -0.4 is 16.0 Å². The monoisotopic (exact) mass is 507 g/mol. The Morgan fingerprint density at radius 1 is 1.32 bits per heavy atom. The summed E-state index contributed by atoms with van der Waals surface area (Å²) in [6.45, 7) is 10.2. The van der Waals surface area contributed by atoms with Crippen molar-refractivity contribution in [3.8, 4) is 0 Å². The standard InChI is InChI=1S/C18H29N5O4.HI/c1-5-19-16(21-9-8-20-15(24)14-7-6-10-26-14)22-13-11-23(12-13)17(25)27-18(2,3)4;/h6-7,10,13H,5,8-9,11-12H2,1-4H3,(H,20,24)(H2,19,21,22);1H. The zero-order valence-corrected chi connectivity index (χ0v) is 19.1. The molecule has 1 saturated heterocycles. The number of carbonyl (C=O) groups excluding carboxylic acids is 2. The largest absolute Gasteiger partial charge is 0.459 e. The van der Waals surface area contributed by atoms with Gasteiger partial charge in [0, 0.05) is 26.2 Å². The normalized spacial score (nSPS) is 14.6. The van der Waals surface area contributed by atoms with E-state index in [9.17, 15) is 9.59 Å². The van der Waals surface area contributed by atoms with Crippen molar-refractivity contribution in [1.82, 2.24) is 20.9 Å². The lowest BCUT2D eigenvalue weighted by atomic mass is 10.1. The molecule has 0 bridgehead atoms. The molecule has 0 atom stereocenters. The minimum absolute atomic E-state index is 0. The molecule has 1 aromatic rings. The molecule has 9 nitrogen and oxygen atoms in total. The Morgan fingerprint density at radius 2 is 2.04 bits per heavy atom. The van der Waals surface area contributed by atoms with Gasteiger partial charge < -0.3 is 30.0 Å². The molecule has 0 spiro atoms. The number of amides is 2. The van der Waals surface area contributed by atoms with Gasteiger partial charge in [0.2, 0.25) is 0 Å². The molecular weight excluding hydrogens is 477 g/mol. The maximum atomic E-state index is 12.0. The Labute approximate surface area is 182 Å². The number of nitrogens with one attached hydrogen (secondary N) is 3. The molecule has 2 rings (SSSR count). The van der Waals surface area contributed by atoms with Gasteiger partial charge in [-0.2, -0.15) is 0 Å². The molecule has 28 heavy (non-hydrogen) atoms. The van der Waals surface area contributed by atoms with E-state index in [0.29, 0.717) is 38.7 Å². The summed E-state index contributed by atoms with van der Waals surface area (Å²) in [6, 6.07) is 3.39. The molecule has 0 aliphatic carbocycles. The van der Waals surface area contributed by atoms with Crippen molar-refractivity contribution in [2.45, 2.75) is 39.3 Å². The van der Waals surface area contributed by atoms with Gasteiger partial charge in [0.25, 0.3) is 5.91 Å². The number of likely N-dealkylation sites (tertiary alicyclic amines) is 1. The van der Waals surface area contributed by atoms with Crippen molar-refractivity contribution in [1.29, 1.82) is 0 Å². The average molecular weight is 507 g/mol. The Bertz CT molecular complexity index is 651. The molecule has 10 heteroatoms. The number of hydrogen-bond acceptors (Lipinski definition) is 5. The van der Waals surface area contributed by atoms with Crippen LogP contribution in [0, 0.1) is 0 Å². The smallest absolute Gasteiger partial charge is 0.410 e. The van der Waals surface area contributed by atoms with Crippen LogP contribution in [0.3, 0.4) is 0 Å². The summed E-state index contributed by atoms with van der Waals surface area (Å²) < 4.78 is 10.4. The molecule has 0 saturated carbocycles. The number of carbonyl (C=O) groups is 2. The van der Waals surface area contributed by atoms with Gasteiger partial charge in [-0.3, -0.25) is 9.79 Å². The molecule has 158 valence electrons. The van der Waals surface area contributed by atoms with Gasteiger partial charge in [-0.05, 0) is 39.8 Å². The van der Waals surface area contributed by atoms with Crippen LogP contribution in [0.15, 0.2) is 27.8 Å². The van der Waals surface area contributed by atoms with Crippen molar-refractivity contribution >= 4 is 41.9 Å². The molecule has 1 aliphatic rings. The maximum Gasteiger partial charge on any atom is 0.410 e. The van der Waals surface area contributed by atoms with Crippen LogP contribution in [0.2, 0.25) is 0 Å². The number of halogens is 1. The molecule has 2 amide bonds. The van der Waals surface area contributed by atoms with Crippen LogP contribution in [-0.4, -0.2) is 67.2 Å². The lowest BCUT2D eigenvalue weighted by Crippen LogP contribution is -2.63. The zero-order chi connectivity index (χ0) is 19.9. The fourth-order valence-electron chi connectivity index (χ4n) is 2.39. The number of nitrogens with zero attached hydrogens (tertiary/aromatic N) is 2. The Morgan fingerprint density at radius 3 is 2.61 bits per heavy atom. The van der Waals surface area contributed by atoms with Gasteiger partial charge in [0.1, 0.15) is 5.60 Å². The van der Waals surface area contributed by atoms with Gasteiger partial charge in [0.05, 0.1) is 18.8 Å². The van der Waals surface area contributed by atoms with E-state index in [1.54, 1.807) is 17.0 Å². The first-order valence-corrected chi connectivity index (χ1v) is 9.13. The maximum absolute atomic E-state index is 12.0. The van der Waals surface area contributed by atoms with Crippen LogP contribution in [0.25, 0.3) is 0 Å². The molecule has 1 aliphatic heterocycles. The molecule has 3 N–H and O–H groups in total. The van der Waals surface area contributed by atoms with Gasteiger partial charge in [0.15, 0.2) is 11.7 Å². The SMILES string of the molecule is CCNC(=NCCNC(=O)c1ccco1)NC1CN(C(=O)OC(C)(C)C)C1.I. The van der Waals surface area contributed by atoms with Crippen LogP contribution in [-0.2, 0) is 4.74 Å². The highest BCUT2D eigenvalue weighted by Gasteiger charge is 2.34. The second-order valence-electron chi connectivity index (χ2n) is 7.22. The highest BCUT2D eigenvalue weighted by atomic mass is 127. The van der Waals surface area contributed by atoms with E-state index in [1.807, 2.05) is 27.7 Å². The summed E-state index contributed by atoms with van der Waals surface area (Å²) in [5, 5.41) is 9.17. The molecule has 0 radical (unpaired) electrons. The molecular formula is C18H30IN5O4. The summed E-state index contributed by atoms with van der Waals surface area (Å²) in [6.07, 6.45) is 1.16. The lowest BCUT2D eigenvalue weighted by molar-refractivity contribution is 0.00700. The van der Waals surface area contributed by atoms with E-state index in [2.05, 4.69) is 20.9 Å². The first kappa shape index (κ1) is 24.1. The molecule has 0 unspecified atom stereocenters. The molecule has 2 heterocycles. The quantitative estimate of drug-likeness (QED) is 0.235. The summed E-state index contributed by atoms with van der Waals surface area (Å²) in [5.74, 6) is 0.666. The molecule has 1 fully saturated rings. The fourth-order valence-corrected chi connectivity index (χ4v) is 2.39. The Hall–Kier alpha value is -1.98. The second kappa shape index (κ2) is 11.1. The zero-order valence-electron chi connectivity index (χ0n) is 16.8. The summed E-state index contributed by atoms with van der Waals surface area (Å²) >= 11 is 0. The van der Waals surface area contributed by atoms with Crippen LogP contribution in [0.5, 0.6) is 0 Å². The van der Waals surface area contributed by atoms with Gasteiger partial charge in [-0.1, -0.05) is 0 Å². The first-order chi connectivity index (χ1) is 12.8. The number of rotatable bonds is 6. The minimum atomic E-state index is -0.494. The van der Waals surface area contributed by atoms with E-state index in [0.717, 1.165) is 0 Å². The van der Waals surface area contributed by atoms with Crippen LogP contribution in [0.1, 0.15) is 38.2 Å². The van der Waals surface area contributed by atoms with E-state index in [4.69, 9.17) is 9.15 Å². The number of hydrogen-bond donors (Lipinski definition) is 3. The summed E-state index contributed by atoms with van der Waals surface area (Å²) in [7, 11) is 0. The highest BCUT2D eigenvalue weighted by molar-refractivity contribution is 14.0. The first-order valence-electron chi connectivity index (χ1n) is 9.13. The Kier molecular flexibility index (Phi) is 9.56.